The van der Waals surface area contributed by atoms with Crippen molar-refractivity contribution < 1.29 is 5.11 Å². The van der Waals surface area contributed by atoms with E-state index in [2.05, 4.69) is 11.0 Å². The van der Waals surface area contributed by atoms with Crippen LogP contribution in [-0.2, 0) is 6.61 Å². The summed E-state index contributed by atoms with van der Waals surface area (Å²) in [5, 5.41) is 10.2. The van der Waals surface area contributed by atoms with Gasteiger partial charge in [-0.1, -0.05) is 24.1 Å². The van der Waals surface area contributed by atoms with E-state index >= 15 is 0 Å². The molecule has 2 aliphatic rings. The van der Waals surface area contributed by atoms with Crippen LogP contribution in [-0.4, -0.2) is 18.2 Å². The van der Waals surface area contributed by atoms with Gasteiger partial charge in [-0.05, 0) is 43.2 Å². The number of aliphatic hydroxyl groups excluding tert-OH is 1. The molecule has 3 heteroatoms. The summed E-state index contributed by atoms with van der Waals surface area (Å²) in [5.41, 5.74) is 2.03. The lowest BCUT2D eigenvalue weighted by Crippen LogP contribution is -2.43. The van der Waals surface area contributed by atoms with Crippen molar-refractivity contribution in [3.05, 3.63) is 28.8 Å². The third kappa shape index (κ3) is 2.24. The Morgan fingerprint density at radius 1 is 1.22 bits per heavy atom. The Labute approximate surface area is 114 Å². The maximum Gasteiger partial charge on any atom is 0.0716 e. The Bertz CT molecular complexity index is 423. The lowest BCUT2D eigenvalue weighted by molar-refractivity contribution is 0.230. The van der Waals surface area contributed by atoms with Crippen LogP contribution in [0.1, 0.15) is 31.2 Å². The van der Waals surface area contributed by atoms with Gasteiger partial charge in [-0.3, -0.25) is 0 Å². The molecule has 2 nitrogen and oxygen atoms in total. The fraction of sp³-hybridized carbons (Fsp3) is 0.600. The highest BCUT2D eigenvalue weighted by atomic mass is 35.5. The highest BCUT2D eigenvalue weighted by Crippen LogP contribution is 2.38. The normalized spacial score (nSPS) is 27.3. The number of fused-ring (bicyclic) bond motifs is 2. The molecule has 2 fully saturated rings. The Morgan fingerprint density at radius 2 is 1.94 bits per heavy atom. The van der Waals surface area contributed by atoms with E-state index in [9.17, 15) is 5.11 Å². The molecule has 98 valence electrons. The lowest BCUT2D eigenvalue weighted by Gasteiger charge is -2.43. The summed E-state index contributed by atoms with van der Waals surface area (Å²) in [4.78, 5) is 2.44. The maximum absolute atomic E-state index is 9.52. The average molecular weight is 266 g/mol. The van der Waals surface area contributed by atoms with Gasteiger partial charge in [0.1, 0.15) is 0 Å². The highest BCUT2D eigenvalue weighted by Gasteiger charge is 2.31. The topological polar surface area (TPSA) is 23.5 Å². The molecule has 1 aliphatic heterocycles. The Morgan fingerprint density at radius 3 is 2.61 bits per heavy atom. The quantitative estimate of drug-likeness (QED) is 0.885. The summed E-state index contributed by atoms with van der Waals surface area (Å²) in [6, 6.07) is 5.95. The monoisotopic (exact) mass is 265 g/mol. The Hall–Kier alpha value is -0.730. The van der Waals surface area contributed by atoms with E-state index in [1.54, 1.807) is 0 Å². The SMILES string of the molecule is OCc1c(Cl)cccc1N1CC2CCCC(C2)C1. The summed E-state index contributed by atoms with van der Waals surface area (Å²) in [5.74, 6) is 1.67. The van der Waals surface area contributed by atoms with Crippen LogP contribution < -0.4 is 4.90 Å². The highest BCUT2D eigenvalue weighted by molar-refractivity contribution is 6.31. The van der Waals surface area contributed by atoms with Crippen LogP contribution in [0.2, 0.25) is 5.02 Å². The fourth-order valence-corrected chi connectivity index (χ4v) is 3.86. The number of nitrogens with zero attached hydrogens (tertiary/aromatic N) is 1. The standard InChI is InChI=1S/C15H20ClNO/c16-14-5-2-6-15(13(14)10-18)17-8-11-3-1-4-12(7-11)9-17/h2,5-6,11-12,18H,1,3-4,7-10H2. The zero-order valence-corrected chi connectivity index (χ0v) is 11.4. The summed E-state index contributed by atoms with van der Waals surface area (Å²) in [7, 11) is 0. The van der Waals surface area contributed by atoms with Crippen LogP contribution in [0.15, 0.2) is 18.2 Å². The van der Waals surface area contributed by atoms with Gasteiger partial charge in [0.2, 0.25) is 0 Å². The molecule has 2 unspecified atom stereocenters. The van der Waals surface area contributed by atoms with Gasteiger partial charge in [-0.25, -0.2) is 0 Å². The molecule has 0 spiro atoms. The predicted molar refractivity (Wildman–Crippen MR) is 75.0 cm³/mol. The van der Waals surface area contributed by atoms with Crippen LogP contribution in [0.4, 0.5) is 5.69 Å². The van der Waals surface area contributed by atoms with E-state index in [0.717, 1.165) is 36.2 Å². The molecule has 1 N–H and O–H groups in total. The minimum absolute atomic E-state index is 0.0286. The van der Waals surface area contributed by atoms with E-state index < -0.39 is 0 Å². The van der Waals surface area contributed by atoms with Crippen molar-refractivity contribution in [3.63, 3.8) is 0 Å². The molecule has 0 amide bonds. The molecule has 3 rings (SSSR count). The largest absolute Gasteiger partial charge is 0.392 e. The van der Waals surface area contributed by atoms with Crippen molar-refractivity contribution >= 4 is 17.3 Å². The molecule has 1 saturated carbocycles. The van der Waals surface area contributed by atoms with Crippen molar-refractivity contribution in [1.82, 2.24) is 0 Å². The molecular weight excluding hydrogens is 246 g/mol. The van der Waals surface area contributed by atoms with E-state index in [1.807, 2.05) is 12.1 Å². The number of hydrogen-bond donors (Lipinski definition) is 1. The number of piperidine rings is 1. The minimum Gasteiger partial charge on any atom is -0.392 e. The first-order chi connectivity index (χ1) is 8.78. The summed E-state index contributed by atoms with van der Waals surface area (Å²) >= 11 is 6.18. The zero-order valence-electron chi connectivity index (χ0n) is 10.6. The second-order valence-electron chi connectivity index (χ2n) is 5.70. The number of aliphatic hydroxyl groups is 1. The fourth-order valence-electron chi connectivity index (χ4n) is 3.63. The van der Waals surface area contributed by atoms with Crippen LogP contribution in [0.3, 0.4) is 0 Å². The van der Waals surface area contributed by atoms with Crippen molar-refractivity contribution in [2.75, 3.05) is 18.0 Å². The van der Waals surface area contributed by atoms with Gasteiger partial charge in [0.05, 0.1) is 6.61 Å². The maximum atomic E-state index is 9.52. The second kappa shape index (κ2) is 5.10. The molecule has 1 aliphatic carbocycles. The third-order valence-corrected chi connectivity index (χ3v) is 4.80. The van der Waals surface area contributed by atoms with E-state index in [1.165, 1.54) is 25.7 Å². The van der Waals surface area contributed by atoms with E-state index in [4.69, 9.17) is 11.6 Å². The van der Waals surface area contributed by atoms with Crippen LogP contribution >= 0.6 is 11.6 Å². The molecule has 2 bridgehead atoms. The molecule has 1 aromatic rings. The summed E-state index contributed by atoms with van der Waals surface area (Å²) < 4.78 is 0. The van der Waals surface area contributed by atoms with Crippen molar-refractivity contribution in [2.45, 2.75) is 32.3 Å². The second-order valence-corrected chi connectivity index (χ2v) is 6.11. The van der Waals surface area contributed by atoms with Crippen molar-refractivity contribution in [3.8, 4) is 0 Å². The van der Waals surface area contributed by atoms with Crippen LogP contribution in [0, 0.1) is 11.8 Å². The molecule has 18 heavy (non-hydrogen) atoms. The third-order valence-electron chi connectivity index (χ3n) is 4.44. The van der Waals surface area contributed by atoms with Gasteiger partial charge in [0.25, 0.3) is 0 Å². The zero-order chi connectivity index (χ0) is 12.5. The molecular formula is C15H20ClNO. The Kier molecular flexibility index (Phi) is 3.49. The molecule has 0 radical (unpaired) electrons. The summed E-state index contributed by atoms with van der Waals surface area (Å²) in [6.07, 6.45) is 5.52. The van der Waals surface area contributed by atoms with Crippen molar-refractivity contribution in [2.24, 2.45) is 11.8 Å². The first-order valence-corrected chi connectivity index (χ1v) is 7.29. The van der Waals surface area contributed by atoms with Gasteiger partial charge in [-0.2, -0.15) is 0 Å². The number of rotatable bonds is 2. The van der Waals surface area contributed by atoms with Gasteiger partial charge in [-0.15, -0.1) is 0 Å². The minimum atomic E-state index is 0.0286. The Balaban J connectivity index is 1.88. The number of halogens is 1. The predicted octanol–water partition coefficient (Wildman–Crippen LogP) is 3.46. The molecule has 1 saturated heterocycles. The number of benzene rings is 1. The van der Waals surface area contributed by atoms with Gasteiger partial charge in [0.15, 0.2) is 0 Å². The van der Waals surface area contributed by atoms with E-state index in [-0.39, 0.29) is 6.61 Å². The number of hydrogen-bond acceptors (Lipinski definition) is 2. The average Bonchev–Trinajstić information content (AvgIpc) is 2.38. The van der Waals surface area contributed by atoms with Gasteiger partial charge < -0.3 is 10.0 Å². The first kappa shape index (κ1) is 12.3. The molecule has 1 aromatic carbocycles. The number of anilines is 1. The molecule has 2 atom stereocenters. The lowest BCUT2D eigenvalue weighted by atomic mass is 9.77. The summed E-state index contributed by atoms with van der Waals surface area (Å²) in [6.45, 7) is 2.29. The first-order valence-electron chi connectivity index (χ1n) is 6.91. The molecule has 1 heterocycles. The smallest absolute Gasteiger partial charge is 0.0716 e. The van der Waals surface area contributed by atoms with Gasteiger partial charge >= 0.3 is 0 Å². The van der Waals surface area contributed by atoms with Gasteiger partial charge in [0, 0.05) is 29.4 Å². The van der Waals surface area contributed by atoms with Crippen LogP contribution in [0.25, 0.3) is 0 Å². The molecule has 0 aromatic heterocycles. The van der Waals surface area contributed by atoms with Crippen molar-refractivity contribution in [1.29, 1.82) is 0 Å². The van der Waals surface area contributed by atoms with Crippen LogP contribution in [0.5, 0.6) is 0 Å². The van der Waals surface area contributed by atoms with E-state index in [0.29, 0.717) is 5.02 Å².